The number of rotatable bonds is 2. The Kier molecular flexibility index (Phi) is 4.57. The number of ether oxygens (including phenoxy) is 1. The number of hydrogen-bond acceptors (Lipinski definition) is 4. The van der Waals surface area contributed by atoms with Gasteiger partial charge in [-0.05, 0) is 24.3 Å². The molecule has 0 unspecified atom stereocenters. The Labute approximate surface area is 120 Å². The molecule has 0 saturated heterocycles. The fourth-order valence-electron chi connectivity index (χ4n) is 1.46. The minimum atomic E-state index is -1.14. The molecule has 0 spiro atoms. The maximum Gasteiger partial charge on any atom is 0.453 e. The molecule has 0 saturated carbocycles. The Morgan fingerprint density at radius 1 is 0.900 bits per heavy atom. The van der Waals surface area contributed by atoms with Gasteiger partial charge in [0.1, 0.15) is 5.75 Å². The number of hydroxylamine groups is 1. The Balaban J connectivity index is 2.18. The van der Waals surface area contributed by atoms with E-state index in [-0.39, 0.29) is 0 Å². The van der Waals surface area contributed by atoms with E-state index in [9.17, 15) is 9.59 Å². The van der Waals surface area contributed by atoms with Crippen molar-refractivity contribution in [1.82, 2.24) is 0 Å². The van der Waals surface area contributed by atoms with Crippen LogP contribution in [0.2, 0.25) is 0 Å². The molecule has 0 aliphatic carbocycles. The van der Waals surface area contributed by atoms with Gasteiger partial charge in [-0.2, -0.15) is 0 Å². The summed E-state index contributed by atoms with van der Waals surface area (Å²) < 4.78 is 5.08. The zero-order valence-corrected chi connectivity index (χ0v) is 11.0. The lowest BCUT2D eigenvalue weighted by Crippen LogP contribution is -2.34. The highest BCUT2D eigenvalue weighted by Crippen LogP contribution is 2.18. The molecule has 0 aliphatic heterocycles. The number of carbonyl (C=O) groups is 2. The quantitative estimate of drug-likeness (QED) is 0.620. The first-order valence-corrected chi connectivity index (χ1v) is 6.04. The number of halogens is 1. The van der Waals surface area contributed by atoms with Crippen molar-refractivity contribution in [2.45, 2.75) is 0 Å². The Hall–Kier alpha value is -2.53. The van der Waals surface area contributed by atoms with Gasteiger partial charge in [0.25, 0.3) is 0 Å². The van der Waals surface area contributed by atoms with E-state index in [0.717, 1.165) is 0 Å². The van der Waals surface area contributed by atoms with Crippen LogP contribution in [-0.4, -0.2) is 11.5 Å². The molecule has 0 heterocycles. The molecule has 2 aromatic rings. The normalized spacial score (nSPS) is 9.65. The first-order chi connectivity index (χ1) is 9.66. The summed E-state index contributed by atoms with van der Waals surface area (Å²) in [5, 5.41) is 0.683. The Bertz CT molecular complexity index is 589. The Morgan fingerprint density at radius 3 is 2.00 bits per heavy atom. The second kappa shape index (κ2) is 6.58. The third-order valence-electron chi connectivity index (χ3n) is 2.27. The molecule has 0 N–H and O–H groups in total. The van der Waals surface area contributed by atoms with Gasteiger partial charge in [-0.3, -0.25) is 0 Å². The smallest absolute Gasteiger partial charge is 0.408 e. The molecule has 2 aromatic carbocycles. The zero-order valence-electron chi connectivity index (χ0n) is 10.2. The van der Waals surface area contributed by atoms with Gasteiger partial charge in [0.15, 0.2) is 0 Å². The minimum Gasteiger partial charge on any atom is -0.408 e. The Morgan fingerprint density at radius 2 is 1.45 bits per heavy atom. The van der Waals surface area contributed by atoms with Gasteiger partial charge in [-0.25, -0.2) is 9.59 Å². The van der Waals surface area contributed by atoms with Crippen LogP contribution in [0.15, 0.2) is 60.7 Å². The standard InChI is InChI=1S/C14H10ClNO4/c15-13(17)20-16(11-7-3-1-4-8-11)14(18)19-12-9-5-2-6-10-12/h1-10H. The zero-order chi connectivity index (χ0) is 14.4. The van der Waals surface area contributed by atoms with Crippen LogP contribution in [0.3, 0.4) is 0 Å². The molecule has 102 valence electrons. The van der Waals surface area contributed by atoms with Crippen molar-refractivity contribution < 1.29 is 19.2 Å². The topological polar surface area (TPSA) is 55.8 Å². The largest absolute Gasteiger partial charge is 0.453 e. The highest BCUT2D eigenvalue weighted by atomic mass is 35.5. The molecule has 0 radical (unpaired) electrons. The van der Waals surface area contributed by atoms with Crippen LogP contribution in [0.4, 0.5) is 15.3 Å². The highest BCUT2D eigenvalue weighted by Gasteiger charge is 2.22. The first-order valence-electron chi connectivity index (χ1n) is 5.66. The van der Waals surface area contributed by atoms with Gasteiger partial charge in [0.2, 0.25) is 0 Å². The summed E-state index contributed by atoms with van der Waals surface area (Å²) in [5.74, 6) is 0.323. The maximum absolute atomic E-state index is 12.0. The average molecular weight is 292 g/mol. The molecule has 6 heteroatoms. The summed E-state index contributed by atoms with van der Waals surface area (Å²) in [7, 11) is 0. The van der Waals surface area contributed by atoms with Gasteiger partial charge in [0, 0.05) is 11.6 Å². The summed E-state index contributed by atoms with van der Waals surface area (Å²) in [6.45, 7) is 0. The van der Waals surface area contributed by atoms with Crippen LogP contribution in [0.5, 0.6) is 5.75 Å². The van der Waals surface area contributed by atoms with Crippen LogP contribution in [0, 0.1) is 0 Å². The minimum absolute atomic E-state index is 0.322. The van der Waals surface area contributed by atoms with Crippen LogP contribution in [0.1, 0.15) is 0 Å². The molecule has 0 fully saturated rings. The summed E-state index contributed by atoms with van der Waals surface area (Å²) in [6, 6.07) is 16.7. The molecule has 0 aliphatic rings. The molecular weight excluding hydrogens is 282 g/mol. The lowest BCUT2D eigenvalue weighted by Gasteiger charge is -2.18. The second-order valence-corrected chi connectivity index (χ2v) is 3.95. The number of carbonyl (C=O) groups excluding carboxylic acids is 2. The summed E-state index contributed by atoms with van der Waals surface area (Å²) in [4.78, 5) is 27.6. The van der Waals surface area contributed by atoms with Crippen LogP contribution in [-0.2, 0) is 4.84 Å². The van der Waals surface area contributed by atoms with E-state index in [2.05, 4.69) is 4.84 Å². The molecular formula is C14H10ClNO4. The number of benzene rings is 2. The summed E-state index contributed by atoms with van der Waals surface area (Å²) >= 11 is 5.16. The van der Waals surface area contributed by atoms with E-state index in [1.165, 1.54) is 0 Å². The van der Waals surface area contributed by atoms with Crippen LogP contribution >= 0.6 is 11.6 Å². The van der Waals surface area contributed by atoms with E-state index in [0.29, 0.717) is 16.5 Å². The number of hydrogen-bond donors (Lipinski definition) is 0. The van der Waals surface area contributed by atoms with E-state index in [1.54, 1.807) is 60.7 Å². The van der Waals surface area contributed by atoms with Gasteiger partial charge < -0.3 is 9.57 Å². The molecule has 0 aromatic heterocycles. The highest BCUT2D eigenvalue weighted by molar-refractivity contribution is 6.61. The van der Waals surface area contributed by atoms with E-state index < -0.39 is 11.5 Å². The molecule has 0 bridgehead atoms. The number of anilines is 1. The van der Waals surface area contributed by atoms with E-state index in [1.807, 2.05) is 0 Å². The predicted octanol–water partition coefficient (Wildman–Crippen LogP) is 3.98. The van der Waals surface area contributed by atoms with Gasteiger partial charge in [-0.1, -0.05) is 36.4 Å². The third-order valence-corrected chi connectivity index (χ3v) is 2.34. The van der Waals surface area contributed by atoms with Crippen LogP contribution < -0.4 is 9.80 Å². The first kappa shape index (κ1) is 13.9. The van der Waals surface area contributed by atoms with Crippen molar-refractivity contribution in [2.24, 2.45) is 0 Å². The van der Waals surface area contributed by atoms with Crippen molar-refractivity contribution in [2.75, 3.05) is 5.06 Å². The van der Waals surface area contributed by atoms with Crippen molar-refractivity contribution >= 4 is 28.8 Å². The van der Waals surface area contributed by atoms with Crippen molar-refractivity contribution in [3.8, 4) is 5.75 Å². The SMILES string of the molecule is O=C(Cl)ON(C(=O)Oc1ccccc1)c1ccccc1. The third kappa shape index (κ3) is 3.73. The van der Waals surface area contributed by atoms with Gasteiger partial charge in [-0.15, -0.1) is 5.06 Å². The fraction of sp³-hybridized carbons (Fsp3) is 0. The number of para-hydroxylation sites is 2. The molecule has 1 amide bonds. The maximum atomic E-state index is 12.0. The van der Waals surface area contributed by atoms with Crippen molar-refractivity contribution in [3.63, 3.8) is 0 Å². The molecule has 20 heavy (non-hydrogen) atoms. The number of nitrogens with zero attached hydrogens (tertiary/aromatic N) is 1. The second-order valence-electron chi connectivity index (χ2n) is 3.64. The summed E-state index contributed by atoms with van der Waals surface area (Å²) in [5.41, 5.74) is -0.818. The predicted molar refractivity (Wildman–Crippen MR) is 73.7 cm³/mol. The van der Waals surface area contributed by atoms with E-state index >= 15 is 0 Å². The monoisotopic (exact) mass is 291 g/mol. The lowest BCUT2D eigenvalue weighted by atomic mass is 10.3. The molecule has 0 atom stereocenters. The van der Waals surface area contributed by atoms with E-state index in [4.69, 9.17) is 16.3 Å². The van der Waals surface area contributed by atoms with Crippen molar-refractivity contribution in [3.05, 3.63) is 60.7 Å². The fourth-order valence-corrected chi connectivity index (χ4v) is 1.53. The van der Waals surface area contributed by atoms with Gasteiger partial charge >= 0.3 is 11.5 Å². The number of amides is 1. The van der Waals surface area contributed by atoms with Crippen molar-refractivity contribution in [1.29, 1.82) is 0 Å². The summed E-state index contributed by atoms with van der Waals surface area (Å²) in [6.07, 6.45) is -0.878. The van der Waals surface area contributed by atoms with Crippen LogP contribution in [0.25, 0.3) is 0 Å². The lowest BCUT2D eigenvalue weighted by molar-refractivity contribution is 0.138. The van der Waals surface area contributed by atoms with Gasteiger partial charge in [0.05, 0.1) is 5.69 Å². The molecule has 2 rings (SSSR count). The molecule has 5 nitrogen and oxygen atoms in total. The average Bonchev–Trinajstić information content (AvgIpc) is 2.46.